The predicted molar refractivity (Wildman–Crippen MR) is 189 cm³/mol. The molecule has 4 aromatic heterocycles. The summed E-state index contributed by atoms with van der Waals surface area (Å²) in [4.78, 5) is 21.5. The summed E-state index contributed by atoms with van der Waals surface area (Å²) in [5.41, 5.74) is 14.1. The van der Waals surface area contributed by atoms with Crippen molar-refractivity contribution in [3.8, 4) is 21.1 Å². The van der Waals surface area contributed by atoms with E-state index in [1.807, 2.05) is 28.7 Å². The highest BCUT2D eigenvalue weighted by molar-refractivity contribution is 7.23. The van der Waals surface area contributed by atoms with E-state index in [4.69, 9.17) is 20.5 Å². The van der Waals surface area contributed by atoms with E-state index in [0.717, 1.165) is 40.3 Å². The topological polar surface area (TPSA) is 80.9 Å². The number of hydrogen-bond donors (Lipinski definition) is 2. The molecule has 5 nitrogen and oxygen atoms in total. The number of para-hydroxylation sites is 2. The van der Waals surface area contributed by atoms with Gasteiger partial charge in [-0.1, -0.05) is 24.3 Å². The first-order valence-electron chi connectivity index (χ1n) is 15.0. The molecule has 4 heterocycles. The highest BCUT2D eigenvalue weighted by Crippen LogP contribution is 2.46. The van der Waals surface area contributed by atoms with Crippen molar-refractivity contribution in [1.29, 1.82) is 0 Å². The van der Waals surface area contributed by atoms with E-state index in [-0.39, 0.29) is 0 Å². The lowest BCUT2D eigenvalue weighted by Gasteiger charge is -2.11. The molecule has 6 aromatic rings. The molecule has 8 rings (SSSR count). The van der Waals surface area contributed by atoms with Crippen LogP contribution in [0.2, 0.25) is 0 Å². The van der Waals surface area contributed by atoms with Crippen LogP contribution < -0.4 is 11.1 Å². The van der Waals surface area contributed by atoms with Crippen LogP contribution in [0, 0.1) is 0 Å². The maximum Gasteiger partial charge on any atom is 0.127 e. The van der Waals surface area contributed by atoms with Gasteiger partial charge in [0.2, 0.25) is 0 Å². The normalized spacial score (nSPS) is 13.8. The van der Waals surface area contributed by atoms with Gasteiger partial charge in [0, 0.05) is 27.4 Å². The lowest BCUT2D eigenvalue weighted by atomic mass is 9.96. The van der Waals surface area contributed by atoms with Crippen LogP contribution in [0.4, 0.5) is 10.0 Å². The zero-order valence-electron chi connectivity index (χ0n) is 24.6. The fourth-order valence-electron chi connectivity index (χ4n) is 5.86. The van der Waals surface area contributed by atoms with Crippen molar-refractivity contribution in [2.75, 3.05) is 17.6 Å². The number of thiophene rings is 2. The standard InChI is InChI=1S/C17H18N2S2.C15H14N2S2.C2H4O/c1-2-18-16-15(11-7-3-5-9-13(11)20-16)17-19-12-8-4-6-10-14(12)21-17;16-14-13(9-5-1-3-7-11(9)18-14)15-17-10-6-2-4-8-12(10)19-15;1-2-3/h4,6,8,10,18H,2-3,5,7,9H2,1H3;2,4,6,8H,1,3,5,7,16H2;2H,1H3. The van der Waals surface area contributed by atoms with Crippen LogP contribution in [0.3, 0.4) is 0 Å². The van der Waals surface area contributed by atoms with Gasteiger partial charge in [0.15, 0.2) is 0 Å². The Bertz CT molecular complexity index is 1790. The van der Waals surface area contributed by atoms with Crippen molar-refractivity contribution < 1.29 is 4.79 Å². The van der Waals surface area contributed by atoms with Crippen LogP contribution in [0.25, 0.3) is 41.6 Å². The predicted octanol–water partition coefficient (Wildman–Crippen LogP) is 10.0. The zero-order valence-corrected chi connectivity index (χ0v) is 27.8. The van der Waals surface area contributed by atoms with Crippen LogP contribution in [0.1, 0.15) is 60.4 Å². The number of rotatable bonds is 4. The van der Waals surface area contributed by atoms with Gasteiger partial charge in [0.25, 0.3) is 0 Å². The van der Waals surface area contributed by atoms with Crippen LogP contribution >= 0.6 is 45.3 Å². The number of aromatic nitrogens is 2. The number of carbonyl (C=O) groups excluding carboxylic acids is 1. The largest absolute Gasteiger partial charge is 0.390 e. The van der Waals surface area contributed by atoms with Crippen LogP contribution in [-0.4, -0.2) is 22.8 Å². The molecule has 0 fully saturated rings. The molecule has 0 spiro atoms. The molecule has 0 saturated carbocycles. The van der Waals surface area contributed by atoms with Crippen molar-refractivity contribution in [3.05, 3.63) is 69.4 Å². The van der Waals surface area contributed by atoms with Crippen molar-refractivity contribution in [2.24, 2.45) is 0 Å². The Morgan fingerprint density at radius 3 is 1.79 bits per heavy atom. The van der Waals surface area contributed by atoms with Crippen LogP contribution in [-0.2, 0) is 30.5 Å². The Kier molecular flexibility index (Phi) is 9.52. The average molecular weight is 645 g/mol. The Labute approximate surface area is 268 Å². The summed E-state index contributed by atoms with van der Waals surface area (Å²) in [6.45, 7) is 4.58. The third-order valence-electron chi connectivity index (χ3n) is 7.72. The van der Waals surface area contributed by atoms with E-state index >= 15 is 0 Å². The summed E-state index contributed by atoms with van der Waals surface area (Å²) in [7, 11) is 0. The summed E-state index contributed by atoms with van der Waals surface area (Å²) in [6.07, 6.45) is 10.8. The fraction of sp³-hybridized carbons (Fsp3) is 0.324. The van der Waals surface area contributed by atoms with Crippen molar-refractivity contribution in [3.63, 3.8) is 0 Å². The van der Waals surface area contributed by atoms with Gasteiger partial charge in [-0.2, -0.15) is 0 Å². The molecule has 0 bridgehead atoms. The molecule has 2 aliphatic rings. The lowest BCUT2D eigenvalue weighted by Crippen LogP contribution is -2.00. The molecule has 0 saturated heterocycles. The molecule has 3 N–H and O–H groups in total. The number of aldehydes is 1. The summed E-state index contributed by atoms with van der Waals surface area (Å²) < 4.78 is 2.53. The highest BCUT2D eigenvalue weighted by atomic mass is 32.1. The average Bonchev–Trinajstić information content (AvgIpc) is 3.79. The molecular weight excluding hydrogens is 609 g/mol. The maximum absolute atomic E-state index is 8.81. The van der Waals surface area contributed by atoms with E-state index < -0.39 is 0 Å². The first-order valence-corrected chi connectivity index (χ1v) is 18.3. The second-order valence-electron chi connectivity index (χ2n) is 10.6. The Hall–Kier alpha value is -3.11. The molecule has 2 aromatic carbocycles. The van der Waals surface area contributed by atoms with Crippen molar-refractivity contribution >= 4 is 82.1 Å². The van der Waals surface area contributed by atoms with Gasteiger partial charge in [0.1, 0.15) is 16.3 Å². The lowest BCUT2D eigenvalue weighted by molar-refractivity contribution is -0.106. The minimum absolute atomic E-state index is 0.750. The van der Waals surface area contributed by atoms with E-state index in [2.05, 4.69) is 54.7 Å². The van der Waals surface area contributed by atoms with Gasteiger partial charge in [-0.25, -0.2) is 9.97 Å². The molecule has 9 heteroatoms. The molecule has 0 aliphatic heterocycles. The Balaban J connectivity index is 0.000000141. The van der Waals surface area contributed by atoms with Crippen molar-refractivity contribution in [1.82, 2.24) is 9.97 Å². The van der Waals surface area contributed by atoms with Gasteiger partial charge in [0.05, 0.1) is 30.4 Å². The third-order valence-corrected chi connectivity index (χ3v) is 12.2. The molecule has 2 aliphatic carbocycles. The zero-order chi connectivity index (χ0) is 29.8. The summed E-state index contributed by atoms with van der Waals surface area (Å²) in [6, 6.07) is 16.8. The number of nitrogen functional groups attached to an aromatic ring is 1. The summed E-state index contributed by atoms with van der Waals surface area (Å²) >= 11 is 7.29. The van der Waals surface area contributed by atoms with E-state index in [9.17, 15) is 0 Å². The number of anilines is 2. The smallest absolute Gasteiger partial charge is 0.127 e. The second kappa shape index (κ2) is 13.7. The number of aryl methyl sites for hydroxylation is 2. The SMILES string of the molecule is CC=O.CCNc1sc2c(c1-c1nc3ccccc3s1)CCCC2.Nc1sc2c(c1-c1nc3ccccc3s1)CCCC2. The van der Waals surface area contributed by atoms with E-state index in [1.165, 1.54) is 92.8 Å². The number of hydrogen-bond acceptors (Lipinski definition) is 9. The number of thiazole rings is 2. The Morgan fingerprint density at radius 1 is 0.744 bits per heavy atom. The van der Waals surface area contributed by atoms with Gasteiger partial charge in [-0.05, 0) is 101 Å². The fourth-order valence-corrected chi connectivity index (χ4v) is 10.6. The molecule has 43 heavy (non-hydrogen) atoms. The third kappa shape index (κ3) is 6.27. The molecule has 0 amide bonds. The number of nitrogens with zero attached hydrogens (tertiary/aromatic N) is 2. The van der Waals surface area contributed by atoms with Gasteiger partial charge in [-0.3, -0.25) is 0 Å². The van der Waals surface area contributed by atoms with Crippen LogP contribution in [0.15, 0.2) is 48.5 Å². The number of nitrogens with two attached hydrogens (primary N) is 1. The van der Waals surface area contributed by atoms with Gasteiger partial charge >= 0.3 is 0 Å². The maximum atomic E-state index is 8.81. The number of carbonyl (C=O) groups is 1. The van der Waals surface area contributed by atoms with Gasteiger partial charge < -0.3 is 15.8 Å². The highest BCUT2D eigenvalue weighted by Gasteiger charge is 2.24. The monoisotopic (exact) mass is 644 g/mol. The molecule has 0 radical (unpaired) electrons. The molecular formula is C34H36N4OS4. The quantitative estimate of drug-likeness (QED) is 0.187. The molecule has 222 valence electrons. The van der Waals surface area contributed by atoms with Gasteiger partial charge in [-0.15, -0.1) is 45.3 Å². The first kappa shape index (κ1) is 29.9. The van der Waals surface area contributed by atoms with Crippen molar-refractivity contribution in [2.45, 2.75) is 65.2 Å². The summed E-state index contributed by atoms with van der Waals surface area (Å²) in [5, 5.41) is 8.12. The summed E-state index contributed by atoms with van der Waals surface area (Å²) in [5.74, 6) is 0. The number of benzene rings is 2. The van der Waals surface area contributed by atoms with E-state index in [0.29, 0.717) is 0 Å². The number of fused-ring (bicyclic) bond motifs is 4. The van der Waals surface area contributed by atoms with Crippen LogP contribution in [0.5, 0.6) is 0 Å². The minimum Gasteiger partial charge on any atom is -0.390 e. The minimum atomic E-state index is 0.750. The first-order chi connectivity index (χ1) is 21.1. The van der Waals surface area contributed by atoms with E-state index in [1.54, 1.807) is 33.1 Å². The Morgan fingerprint density at radius 2 is 1.23 bits per heavy atom. The molecule has 0 atom stereocenters. The molecule has 0 unspecified atom stereocenters. The number of nitrogens with one attached hydrogen (secondary N) is 1. The second-order valence-corrected chi connectivity index (χ2v) is 14.9.